The minimum atomic E-state index is -0.443. The molecular weight excluding hydrogens is 254 g/mol. The van der Waals surface area contributed by atoms with E-state index in [9.17, 15) is 5.11 Å². The summed E-state index contributed by atoms with van der Waals surface area (Å²) in [5, 5.41) is 10.0. The fourth-order valence-electron chi connectivity index (χ4n) is 2.96. The summed E-state index contributed by atoms with van der Waals surface area (Å²) in [5.74, 6) is 0.881. The summed E-state index contributed by atoms with van der Waals surface area (Å²) < 4.78 is 11.0. The smallest absolute Gasteiger partial charge is 0.119 e. The summed E-state index contributed by atoms with van der Waals surface area (Å²) in [6, 6.07) is 6.31. The molecule has 0 spiro atoms. The third-order valence-electron chi connectivity index (χ3n) is 4.08. The zero-order valence-corrected chi connectivity index (χ0v) is 11.9. The van der Waals surface area contributed by atoms with Crippen molar-refractivity contribution in [1.82, 2.24) is 4.90 Å². The van der Waals surface area contributed by atoms with Gasteiger partial charge < -0.3 is 14.6 Å². The molecule has 1 aromatic carbocycles. The number of nitrogens with zero attached hydrogens (tertiary/aromatic N) is 1. The predicted octanol–water partition coefficient (Wildman–Crippen LogP) is 1.25. The average molecular weight is 277 g/mol. The Morgan fingerprint density at radius 1 is 1.20 bits per heavy atom. The molecule has 1 N–H and O–H groups in total. The molecule has 110 valence electrons. The summed E-state index contributed by atoms with van der Waals surface area (Å²) in [5.41, 5.74) is 2.86. The summed E-state index contributed by atoms with van der Waals surface area (Å²) in [6.07, 6.45) is 3.15. The summed E-state index contributed by atoms with van der Waals surface area (Å²) in [4.78, 5) is 2.22. The first-order valence-electron chi connectivity index (χ1n) is 7.54. The van der Waals surface area contributed by atoms with Gasteiger partial charge in [0.1, 0.15) is 18.5 Å². The van der Waals surface area contributed by atoms with Crippen molar-refractivity contribution < 1.29 is 14.6 Å². The van der Waals surface area contributed by atoms with Crippen LogP contribution in [0.15, 0.2) is 18.2 Å². The van der Waals surface area contributed by atoms with Crippen LogP contribution in [0.2, 0.25) is 0 Å². The third kappa shape index (κ3) is 3.51. The number of aliphatic hydroxyl groups excluding tert-OH is 1. The second-order valence-electron chi connectivity index (χ2n) is 5.66. The molecular formula is C16H23NO3. The highest BCUT2D eigenvalue weighted by molar-refractivity contribution is 5.38. The van der Waals surface area contributed by atoms with E-state index in [1.807, 2.05) is 6.07 Å². The van der Waals surface area contributed by atoms with Gasteiger partial charge in [0, 0.05) is 19.6 Å². The van der Waals surface area contributed by atoms with Crippen molar-refractivity contribution in [3.63, 3.8) is 0 Å². The first-order valence-corrected chi connectivity index (χ1v) is 7.54. The van der Waals surface area contributed by atoms with Gasteiger partial charge in [0.15, 0.2) is 0 Å². The number of β-amino-alcohol motifs (C(OH)–C–C–N with tert-alkyl or cyclic N) is 1. The number of benzene rings is 1. The minimum Gasteiger partial charge on any atom is -0.491 e. The van der Waals surface area contributed by atoms with Crippen LogP contribution in [0.4, 0.5) is 0 Å². The molecule has 1 aromatic rings. The molecule has 20 heavy (non-hydrogen) atoms. The highest BCUT2D eigenvalue weighted by Crippen LogP contribution is 2.26. The molecule has 0 aromatic heterocycles. The van der Waals surface area contributed by atoms with E-state index < -0.39 is 6.10 Å². The number of hydrogen-bond donors (Lipinski definition) is 1. The van der Waals surface area contributed by atoms with Crippen molar-refractivity contribution in [1.29, 1.82) is 0 Å². The molecule has 1 fully saturated rings. The average Bonchev–Trinajstić information content (AvgIpc) is 2.93. The lowest BCUT2D eigenvalue weighted by atomic mass is 10.1. The summed E-state index contributed by atoms with van der Waals surface area (Å²) in [7, 11) is 0. The second kappa shape index (κ2) is 6.57. The first-order chi connectivity index (χ1) is 9.81. The molecule has 1 aliphatic heterocycles. The highest BCUT2D eigenvalue weighted by Gasteiger charge is 2.16. The van der Waals surface area contributed by atoms with Gasteiger partial charge in [-0.25, -0.2) is 0 Å². The van der Waals surface area contributed by atoms with Crippen LogP contribution in [0.1, 0.15) is 17.5 Å². The van der Waals surface area contributed by atoms with Gasteiger partial charge in [-0.05, 0) is 42.5 Å². The minimum absolute atomic E-state index is 0.357. The first kappa shape index (κ1) is 13.9. The molecule has 0 radical (unpaired) electrons. The molecule has 4 nitrogen and oxygen atoms in total. The van der Waals surface area contributed by atoms with Gasteiger partial charge >= 0.3 is 0 Å². The SMILES string of the molecule is OC(COc1ccc2c(c1)CCC2)CN1CCOCC1. The molecule has 1 heterocycles. The van der Waals surface area contributed by atoms with Crippen LogP contribution in [0.25, 0.3) is 0 Å². The number of aliphatic hydroxyl groups is 1. The lowest BCUT2D eigenvalue weighted by molar-refractivity contribution is 0.00465. The fourth-order valence-corrected chi connectivity index (χ4v) is 2.96. The molecule has 1 saturated heterocycles. The summed E-state index contributed by atoms with van der Waals surface area (Å²) >= 11 is 0. The Balaban J connectivity index is 1.46. The normalized spacial score (nSPS) is 20.6. The van der Waals surface area contributed by atoms with E-state index in [1.165, 1.54) is 24.0 Å². The predicted molar refractivity (Wildman–Crippen MR) is 77.2 cm³/mol. The van der Waals surface area contributed by atoms with E-state index in [0.29, 0.717) is 13.2 Å². The molecule has 0 amide bonds. The van der Waals surface area contributed by atoms with Crippen molar-refractivity contribution in [2.24, 2.45) is 0 Å². The number of aryl methyl sites for hydroxylation is 2. The van der Waals surface area contributed by atoms with E-state index in [1.54, 1.807) is 0 Å². The van der Waals surface area contributed by atoms with Crippen molar-refractivity contribution >= 4 is 0 Å². The number of hydrogen-bond acceptors (Lipinski definition) is 4. The number of rotatable bonds is 5. The summed E-state index contributed by atoms with van der Waals surface area (Å²) in [6.45, 7) is 4.34. The van der Waals surface area contributed by atoms with E-state index in [2.05, 4.69) is 17.0 Å². The topological polar surface area (TPSA) is 41.9 Å². The van der Waals surface area contributed by atoms with Crippen LogP contribution in [-0.4, -0.2) is 55.6 Å². The zero-order chi connectivity index (χ0) is 13.8. The molecule has 1 aliphatic carbocycles. The number of ether oxygens (including phenoxy) is 2. The van der Waals surface area contributed by atoms with Gasteiger partial charge in [-0.2, -0.15) is 0 Å². The maximum atomic E-state index is 10.0. The third-order valence-corrected chi connectivity index (χ3v) is 4.08. The van der Waals surface area contributed by atoms with E-state index in [-0.39, 0.29) is 0 Å². The van der Waals surface area contributed by atoms with Crippen molar-refractivity contribution in [2.45, 2.75) is 25.4 Å². The van der Waals surface area contributed by atoms with Gasteiger partial charge in [0.25, 0.3) is 0 Å². The number of fused-ring (bicyclic) bond motifs is 1. The highest BCUT2D eigenvalue weighted by atomic mass is 16.5. The van der Waals surface area contributed by atoms with Crippen LogP contribution in [0, 0.1) is 0 Å². The van der Waals surface area contributed by atoms with Crippen molar-refractivity contribution in [3.05, 3.63) is 29.3 Å². The van der Waals surface area contributed by atoms with Crippen LogP contribution in [0.3, 0.4) is 0 Å². The van der Waals surface area contributed by atoms with Gasteiger partial charge in [-0.15, -0.1) is 0 Å². The Bertz CT molecular complexity index is 443. The van der Waals surface area contributed by atoms with Crippen LogP contribution in [-0.2, 0) is 17.6 Å². The lowest BCUT2D eigenvalue weighted by Gasteiger charge is -2.28. The van der Waals surface area contributed by atoms with Gasteiger partial charge in [0.05, 0.1) is 13.2 Å². The molecule has 3 rings (SSSR count). The molecule has 4 heteroatoms. The van der Waals surface area contributed by atoms with Gasteiger partial charge in [0.2, 0.25) is 0 Å². The van der Waals surface area contributed by atoms with E-state index in [0.717, 1.165) is 38.5 Å². The van der Waals surface area contributed by atoms with Gasteiger partial charge in [-0.1, -0.05) is 6.07 Å². The van der Waals surface area contributed by atoms with Gasteiger partial charge in [-0.3, -0.25) is 4.90 Å². The fraction of sp³-hybridized carbons (Fsp3) is 0.625. The molecule has 1 atom stereocenters. The molecule has 2 aliphatic rings. The molecule has 0 saturated carbocycles. The van der Waals surface area contributed by atoms with Crippen LogP contribution < -0.4 is 4.74 Å². The van der Waals surface area contributed by atoms with E-state index in [4.69, 9.17) is 9.47 Å². The Labute approximate surface area is 120 Å². The molecule has 1 unspecified atom stereocenters. The molecule has 0 bridgehead atoms. The number of morpholine rings is 1. The maximum Gasteiger partial charge on any atom is 0.119 e. The lowest BCUT2D eigenvalue weighted by Crippen LogP contribution is -2.42. The van der Waals surface area contributed by atoms with Crippen molar-refractivity contribution in [2.75, 3.05) is 39.5 Å². The second-order valence-corrected chi connectivity index (χ2v) is 5.66. The van der Waals surface area contributed by atoms with Crippen LogP contribution >= 0.6 is 0 Å². The van der Waals surface area contributed by atoms with Crippen molar-refractivity contribution in [3.8, 4) is 5.75 Å². The zero-order valence-electron chi connectivity index (χ0n) is 11.9. The van der Waals surface area contributed by atoms with E-state index >= 15 is 0 Å². The van der Waals surface area contributed by atoms with Crippen LogP contribution in [0.5, 0.6) is 5.75 Å². The maximum absolute atomic E-state index is 10.0. The standard InChI is InChI=1S/C16H23NO3/c18-15(11-17-6-8-19-9-7-17)12-20-16-5-4-13-2-1-3-14(13)10-16/h4-5,10,15,18H,1-3,6-9,11-12H2. The Morgan fingerprint density at radius 3 is 2.85 bits per heavy atom. The monoisotopic (exact) mass is 277 g/mol. The Morgan fingerprint density at radius 2 is 2.00 bits per heavy atom. The Kier molecular flexibility index (Phi) is 4.55. The Hall–Kier alpha value is -1.10. The largest absolute Gasteiger partial charge is 0.491 e. The quantitative estimate of drug-likeness (QED) is 0.879.